The Labute approximate surface area is 87.6 Å². The van der Waals surface area contributed by atoms with E-state index >= 15 is 0 Å². The fraction of sp³-hybridized carbons (Fsp3) is 0.833. The van der Waals surface area contributed by atoms with Gasteiger partial charge in [0.05, 0.1) is 5.75 Å². The first kappa shape index (κ1) is 16.1. The average Bonchev–Trinajstić information content (AvgIpc) is 2.00. The molecule has 0 saturated carbocycles. The van der Waals surface area contributed by atoms with Gasteiger partial charge in [0, 0.05) is 12.5 Å². The van der Waals surface area contributed by atoms with Crippen LogP contribution in [0.2, 0.25) is 0 Å². The zero-order valence-electron chi connectivity index (χ0n) is 8.00. The van der Waals surface area contributed by atoms with E-state index in [0.29, 0.717) is 0 Å². The standard InChI is InChI=1S/C5H11NO4S.CH4OS/c1-11(9,10)3-2-4(6)5(7)8;1-3-2/h4H,2-3,6H2,1H3,(H,7,8);2H,1H3/t4-;/m0./s1. The van der Waals surface area contributed by atoms with Gasteiger partial charge >= 0.3 is 5.97 Å². The van der Waals surface area contributed by atoms with Gasteiger partial charge in [-0.1, -0.05) is 0 Å². The van der Waals surface area contributed by atoms with Crippen LogP contribution >= 0.6 is 12.0 Å². The number of hydrogen-bond acceptors (Lipinski definition) is 6. The van der Waals surface area contributed by atoms with Crippen molar-refractivity contribution in [3.63, 3.8) is 0 Å². The maximum Gasteiger partial charge on any atom is 0.320 e. The summed E-state index contributed by atoms with van der Waals surface area (Å²) in [5, 5.41) is 8.26. The van der Waals surface area contributed by atoms with Gasteiger partial charge < -0.3 is 15.4 Å². The lowest BCUT2D eigenvalue weighted by atomic mass is 10.2. The van der Waals surface area contributed by atoms with E-state index in [9.17, 15) is 13.2 Å². The second kappa shape index (κ2) is 8.04. The summed E-state index contributed by atoms with van der Waals surface area (Å²) in [4.78, 5) is 10.1. The van der Waals surface area contributed by atoms with Gasteiger partial charge in [-0.15, -0.1) is 0 Å². The van der Waals surface area contributed by atoms with Gasteiger partial charge in [0.1, 0.15) is 15.9 Å². The first-order chi connectivity index (χ1) is 6.24. The van der Waals surface area contributed by atoms with Crippen LogP contribution in [-0.2, 0) is 14.6 Å². The van der Waals surface area contributed by atoms with Crippen molar-refractivity contribution in [1.29, 1.82) is 0 Å². The van der Waals surface area contributed by atoms with Crippen molar-refractivity contribution in [3.8, 4) is 0 Å². The minimum Gasteiger partial charge on any atom is -0.480 e. The van der Waals surface area contributed by atoms with E-state index in [1.54, 1.807) is 6.26 Å². The Morgan fingerprint density at radius 1 is 1.57 bits per heavy atom. The number of sulfone groups is 1. The van der Waals surface area contributed by atoms with Crippen LogP contribution in [0.1, 0.15) is 6.42 Å². The maximum absolute atomic E-state index is 10.5. The molecule has 0 saturated heterocycles. The van der Waals surface area contributed by atoms with E-state index in [-0.39, 0.29) is 12.2 Å². The molecule has 14 heavy (non-hydrogen) atoms. The number of nitrogens with two attached hydrogens (primary N) is 1. The Hall–Kier alpha value is -0.310. The summed E-state index contributed by atoms with van der Waals surface area (Å²) >= 11 is 0.750. The highest BCUT2D eigenvalue weighted by molar-refractivity contribution is 7.93. The smallest absolute Gasteiger partial charge is 0.320 e. The molecule has 0 radical (unpaired) electrons. The Kier molecular flexibility index (Phi) is 9.26. The van der Waals surface area contributed by atoms with Crippen molar-refractivity contribution < 1.29 is 22.9 Å². The third-order valence-electron chi connectivity index (χ3n) is 1.12. The zero-order valence-corrected chi connectivity index (χ0v) is 9.64. The Morgan fingerprint density at radius 2 is 1.93 bits per heavy atom. The van der Waals surface area contributed by atoms with Crippen LogP contribution in [0.3, 0.4) is 0 Å². The van der Waals surface area contributed by atoms with Gasteiger partial charge in [-0.3, -0.25) is 4.79 Å². The summed E-state index contributed by atoms with van der Waals surface area (Å²) in [7, 11) is -3.10. The lowest BCUT2D eigenvalue weighted by Crippen LogP contribution is -2.32. The lowest BCUT2D eigenvalue weighted by molar-refractivity contribution is -0.138. The Balaban J connectivity index is 0. The van der Waals surface area contributed by atoms with Gasteiger partial charge in [0.2, 0.25) is 0 Å². The average molecular weight is 245 g/mol. The van der Waals surface area contributed by atoms with Crippen LogP contribution in [-0.4, -0.2) is 48.4 Å². The molecule has 0 heterocycles. The third-order valence-corrected chi connectivity index (χ3v) is 2.09. The molecule has 86 valence electrons. The van der Waals surface area contributed by atoms with Crippen LogP contribution in [0.4, 0.5) is 0 Å². The quantitative estimate of drug-likeness (QED) is 0.579. The van der Waals surface area contributed by atoms with Crippen LogP contribution < -0.4 is 5.73 Å². The van der Waals surface area contributed by atoms with E-state index in [1.165, 1.54) is 0 Å². The highest BCUT2D eigenvalue weighted by atomic mass is 32.2. The van der Waals surface area contributed by atoms with Crippen LogP contribution in [0.25, 0.3) is 0 Å². The molecule has 0 fully saturated rings. The van der Waals surface area contributed by atoms with Crippen molar-refractivity contribution >= 4 is 27.8 Å². The minimum absolute atomic E-state index is 0.0336. The van der Waals surface area contributed by atoms with Crippen LogP contribution in [0.15, 0.2) is 0 Å². The molecule has 0 aliphatic heterocycles. The highest BCUT2D eigenvalue weighted by Gasteiger charge is 2.13. The van der Waals surface area contributed by atoms with E-state index in [2.05, 4.69) is 0 Å². The summed E-state index contributed by atoms with van der Waals surface area (Å²) in [5.74, 6) is -1.35. The molecule has 8 heteroatoms. The predicted molar refractivity (Wildman–Crippen MR) is 56.1 cm³/mol. The topological polar surface area (TPSA) is 118 Å². The monoisotopic (exact) mass is 245 g/mol. The molecule has 0 rings (SSSR count). The van der Waals surface area contributed by atoms with Gasteiger partial charge in [-0.25, -0.2) is 8.42 Å². The van der Waals surface area contributed by atoms with Gasteiger partial charge in [0.25, 0.3) is 0 Å². The normalized spacial score (nSPS) is 12.6. The molecule has 0 aromatic rings. The molecular formula is C6H15NO5S2. The third kappa shape index (κ3) is 14.2. The molecule has 1 atom stereocenters. The van der Waals surface area contributed by atoms with E-state index in [0.717, 1.165) is 18.3 Å². The number of carboxylic acids is 1. The minimum atomic E-state index is -3.10. The number of aliphatic carboxylic acids is 1. The largest absolute Gasteiger partial charge is 0.480 e. The van der Waals surface area contributed by atoms with Gasteiger partial charge in [-0.05, 0) is 18.5 Å². The van der Waals surface area contributed by atoms with Crippen molar-refractivity contribution in [3.05, 3.63) is 0 Å². The second-order valence-electron chi connectivity index (χ2n) is 2.55. The fourth-order valence-electron chi connectivity index (χ4n) is 0.465. The summed E-state index contributed by atoms with van der Waals surface area (Å²) in [6, 6.07) is -1.08. The number of rotatable bonds is 4. The molecule has 0 bridgehead atoms. The lowest BCUT2D eigenvalue weighted by Gasteiger charge is -2.03. The number of carboxylic acid groups (broad SMARTS) is 1. The zero-order chi connectivity index (χ0) is 11.8. The summed E-state index contributed by atoms with van der Waals surface area (Å²) in [5.41, 5.74) is 5.06. The van der Waals surface area contributed by atoms with Crippen LogP contribution in [0.5, 0.6) is 0 Å². The first-order valence-corrected chi connectivity index (χ1v) is 6.82. The maximum atomic E-state index is 10.5. The van der Waals surface area contributed by atoms with Gasteiger partial charge in [-0.2, -0.15) is 0 Å². The second-order valence-corrected chi connectivity index (χ2v) is 5.17. The molecular weight excluding hydrogens is 230 g/mol. The number of hydrogen-bond donors (Lipinski definition) is 3. The molecule has 6 nitrogen and oxygen atoms in total. The van der Waals surface area contributed by atoms with Crippen molar-refractivity contribution in [2.45, 2.75) is 12.5 Å². The molecule has 0 amide bonds. The van der Waals surface area contributed by atoms with E-state index in [4.69, 9.17) is 15.4 Å². The number of carbonyl (C=O) groups is 1. The van der Waals surface area contributed by atoms with Crippen LogP contribution in [0, 0.1) is 0 Å². The summed E-state index contributed by atoms with van der Waals surface area (Å²) < 4.78 is 28.5. The first-order valence-electron chi connectivity index (χ1n) is 3.58. The molecule has 0 aromatic heterocycles. The summed E-state index contributed by atoms with van der Waals surface area (Å²) in [6.07, 6.45) is 2.61. The Morgan fingerprint density at radius 3 is 2.14 bits per heavy atom. The SMILES string of the molecule is CS(=O)(=O)CC[C@H](N)C(=O)O.CSO. The highest BCUT2D eigenvalue weighted by Crippen LogP contribution is 1.93. The predicted octanol–water partition coefficient (Wildman–Crippen LogP) is -0.345. The molecule has 0 unspecified atom stereocenters. The molecule has 0 aliphatic rings. The molecule has 0 aromatic carbocycles. The fourth-order valence-corrected chi connectivity index (χ4v) is 1.15. The van der Waals surface area contributed by atoms with Gasteiger partial charge in [0.15, 0.2) is 0 Å². The molecule has 0 spiro atoms. The van der Waals surface area contributed by atoms with Crippen molar-refractivity contribution in [2.75, 3.05) is 18.3 Å². The Bertz CT molecular complexity index is 251. The van der Waals surface area contributed by atoms with E-state index in [1.807, 2.05) is 0 Å². The molecule has 4 N–H and O–H groups in total. The molecule has 0 aliphatic carbocycles. The van der Waals surface area contributed by atoms with E-state index < -0.39 is 21.8 Å². The van der Waals surface area contributed by atoms with Crippen molar-refractivity contribution in [2.24, 2.45) is 5.73 Å². The summed E-state index contributed by atoms with van der Waals surface area (Å²) in [6.45, 7) is 0. The van der Waals surface area contributed by atoms with Crippen molar-refractivity contribution in [1.82, 2.24) is 0 Å².